The molecule has 0 radical (unpaired) electrons. The lowest BCUT2D eigenvalue weighted by molar-refractivity contribution is -0.0401. The summed E-state index contributed by atoms with van der Waals surface area (Å²) >= 11 is 5.99. The Hall–Kier alpha value is -2.18. The number of rotatable bonds is 4. The van der Waals surface area contributed by atoms with Gasteiger partial charge in [-0.15, -0.1) is 0 Å². The van der Waals surface area contributed by atoms with Gasteiger partial charge in [0, 0.05) is 23.2 Å². The van der Waals surface area contributed by atoms with Crippen LogP contribution in [0, 0.1) is 18.6 Å². The second-order valence-electron chi connectivity index (χ2n) is 6.12. The van der Waals surface area contributed by atoms with E-state index in [1.165, 1.54) is 4.90 Å². The van der Waals surface area contributed by atoms with Crippen LogP contribution in [0.5, 0.6) is 5.75 Å². The number of hydrogen-bond donors (Lipinski definition) is 0. The summed E-state index contributed by atoms with van der Waals surface area (Å²) in [7, 11) is 0. The summed E-state index contributed by atoms with van der Waals surface area (Å²) in [6.07, 6.45) is -0.331. The topological polar surface area (TPSA) is 38.8 Å². The highest BCUT2D eigenvalue weighted by molar-refractivity contribution is 6.31. The van der Waals surface area contributed by atoms with Gasteiger partial charge in [-0.05, 0) is 42.8 Å². The lowest BCUT2D eigenvalue weighted by Crippen LogP contribution is -2.47. The van der Waals surface area contributed by atoms with Crippen LogP contribution in [0.15, 0.2) is 36.4 Å². The minimum atomic E-state index is -0.778. The van der Waals surface area contributed by atoms with Gasteiger partial charge in [0.05, 0.1) is 13.2 Å². The van der Waals surface area contributed by atoms with E-state index in [9.17, 15) is 13.6 Å². The van der Waals surface area contributed by atoms with Crippen LogP contribution < -0.4 is 4.74 Å². The SMILES string of the molecule is Cc1cc(OCC2CN(C(=O)c3cc(F)cc(F)c3)CCO2)ccc1Cl. The maximum absolute atomic E-state index is 13.3. The van der Waals surface area contributed by atoms with Crippen molar-refractivity contribution in [2.75, 3.05) is 26.3 Å². The molecule has 1 amide bonds. The minimum absolute atomic E-state index is 0.0163. The fraction of sp³-hybridized carbons (Fsp3) is 0.316. The van der Waals surface area contributed by atoms with E-state index in [-0.39, 0.29) is 24.8 Å². The molecule has 2 aromatic carbocycles. The molecule has 138 valence electrons. The molecule has 4 nitrogen and oxygen atoms in total. The lowest BCUT2D eigenvalue weighted by atomic mass is 10.1. The zero-order valence-corrected chi connectivity index (χ0v) is 14.9. The summed E-state index contributed by atoms with van der Waals surface area (Å²) in [5, 5.41) is 0.658. The van der Waals surface area contributed by atoms with Gasteiger partial charge in [0.25, 0.3) is 5.91 Å². The zero-order valence-electron chi connectivity index (χ0n) is 14.2. The monoisotopic (exact) mass is 381 g/mol. The van der Waals surface area contributed by atoms with Crippen molar-refractivity contribution >= 4 is 17.5 Å². The molecular weight excluding hydrogens is 364 g/mol. The molecule has 3 rings (SSSR count). The van der Waals surface area contributed by atoms with E-state index in [1.54, 1.807) is 12.1 Å². The Labute approximate surface area is 155 Å². The highest BCUT2D eigenvalue weighted by atomic mass is 35.5. The standard InChI is InChI=1S/C19H18ClF2NO3/c1-12-6-16(2-3-18(12)20)26-11-17-10-23(4-5-25-17)19(24)13-7-14(21)9-15(22)8-13/h2-3,6-9,17H,4-5,10-11H2,1H3. The second kappa shape index (κ2) is 8.01. The molecule has 1 saturated heterocycles. The van der Waals surface area contributed by atoms with Crippen LogP contribution in [0.4, 0.5) is 8.78 Å². The number of aryl methyl sites for hydroxylation is 1. The molecule has 7 heteroatoms. The highest BCUT2D eigenvalue weighted by Gasteiger charge is 2.26. The average molecular weight is 382 g/mol. The van der Waals surface area contributed by atoms with Gasteiger partial charge in [0.1, 0.15) is 30.1 Å². The van der Waals surface area contributed by atoms with Gasteiger partial charge < -0.3 is 14.4 Å². The first-order valence-corrected chi connectivity index (χ1v) is 8.56. The molecule has 1 heterocycles. The molecule has 0 bridgehead atoms. The summed E-state index contributed by atoms with van der Waals surface area (Å²) in [6, 6.07) is 8.13. The van der Waals surface area contributed by atoms with Crippen molar-refractivity contribution in [1.82, 2.24) is 4.90 Å². The molecular formula is C19H18ClF2NO3. The molecule has 0 aliphatic carbocycles. The van der Waals surface area contributed by atoms with Crippen molar-refractivity contribution in [3.05, 3.63) is 64.2 Å². The first kappa shape index (κ1) is 18.6. The molecule has 1 fully saturated rings. The van der Waals surface area contributed by atoms with Crippen LogP contribution in [0.2, 0.25) is 5.02 Å². The Balaban J connectivity index is 1.61. The highest BCUT2D eigenvalue weighted by Crippen LogP contribution is 2.22. The van der Waals surface area contributed by atoms with Gasteiger partial charge >= 0.3 is 0 Å². The molecule has 0 N–H and O–H groups in total. The van der Waals surface area contributed by atoms with Crippen LogP contribution in [-0.2, 0) is 4.74 Å². The molecule has 0 aromatic heterocycles. The van der Waals surface area contributed by atoms with E-state index in [1.807, 2.05) is 13.0 Å². The number of carbonyl (C=O) groups excluding carboxylic acids is 1. The van der Waals surface area contributed by atoms with Crippen molar-refractivity contribution in [3.8, 4) is 5.75 Å². The van der Waals surface area contributed by atoms with Crippen LogP contribution in [0.25, 0.3) is 0 Å². The Morgan fingerprint density at radius 2 is 2.00 bits per heavy atom. The van der Waals surface area contributed by atoms with Crippen LogP contribution >= 0.6 is 11.6 Å². The van der Waals surface area contributed by atoms with Gasteiger partial charge in [0.15, 0.2) is 0 Å². The number of morpholine rings is 1. The summed E-state index contributed by atoms with van der Waals surface area (Å²) < 4.78 is 38.0. The fourth-order valence-corrected chi connectivity index (χ4v) is 2.88. The van der Waals surface area contributed by atoms with E-state index in [0.717, 1.165) is 23.8 Å². The first-order chi connectivity index (χ1) is 12.4. The number of benzene rings is 2. The van der Waals surface area contributed by atoms with E-state index >= 15 is 0 Å². The summed E-state index contributed by atoms with van der Waals surface area (Å²) in [5.74, 6) is -1.33. The van der Waals surface area contributed by atoms with Gasteiger partial charge in [-0.1, -0.05) is 11.6 Å². The molecule has 1 atom stereocenters. The molecule has 1 aliphatic rings. The van der Waals surface area contributed by atoms with E-state index < -0.39 is 17.5 Å². The van der Waals surface area contributed by atoms with Crippen molar-refractivity contribution in [3.63, 3.8) is 0 Å². The lowest BCUT2D eigenvalue weighted by Gasteiger charge is -2.33. The smallest absolute Gasteiger partial charge is 0.254 e. The van der Waals surface area contributed by atoms with Crippen LogP contribution in [0.1, 0.15) is 15.9 Å². The first-order valence-electron chi connectivity index (χ1n) is 8.18. The van der Waals surface area contributed by atoms with Crippen molar-refractivity contribution < 1.29 is 23.0 Å². The Kier molecular flexibility index (Phi) is 5.74. The largest absolute Gasteiger partial charge is 0.491 e. The number of nitrogens with zero attached hydrogens (tertiary/aromatic N) is 1. The minimum Gasteiger partial charge on any atom is -0.491 e. The quantitative estimate of drug-likeness (QED) is 0.807. The van der Waals surface area contributed by atoms with Crippen LogP contribution in [-0.4, -0.2) is 43.2 Å². The average Bonchev–Trinajstić information content (AvgIpc) is 2.61. The molecule has 1 unspecified atom stereocenters. The normalized spacial score (nSPS) is 17.2. The number of halogens is 3. The van der Waals surface area contributed by atoms with Crippen molar-refractivity contribution in [2.24, 2.45) is 0 Å². The van der Waals surface area contributed by atoms with E-state index in [0.29, 0.717) is 23.9 Å². The zero-order chi connectivity index (χ0) is 18.7. The number of amides is 1. The maximum Gasteiger partial charge on any atom is 0.254 e. The molecule has 0 spiro atoms. The van der Waals surface area contributed by atoms with E-state index in [4.69, 9.17) is 21.1 Å². The third kappa shape index (κ3) is 4.51. The summed E-state index contributed by atoms with van der Waals surface area (Å²) in [4.78, 5) is 14.0. The fourth-order valence-electron chi connectivity index (χ4n) is 2.76. The molecule has 26 heavy (non-hydrogen) atoms. The van der Waals surface area contributed by atoms with Crippen LogP contribution in [0.3, 0.4) is 0 Å². The molecule has 0 saturated carbocycles. The van der Waals surface area contributed by atoms with Crippen molar-refractivity contribution in [2.45, 2.75) is 13.0 Å². The van der Waals surface area contributed by atoms with Gasteiger partial charge in [0.2, 0.25) is 0 Å². The van der Waals surface area contributed by atoms with Gasteiger partial charge in [-0.25, -0.2) is 8.78 Å². The molecule has 2 aromatic rings. The predicted molar refractivity (Wildman–Crippen MR) is 93.7 cm³/mol. The van der Waals surface area contributed by atoms with Crippen molar-refractivity contribution in [1.29, 1.82) is 0 Å². The third-order valence-electron chi connectivity index (χ3n) is 4.10. The number of carbonyl (C=O) groups is 1. The summed E-state index contributed by atoms with van der Waals surface area (Å²) in [6.45, 7) is 3.10. The third-order valence-corrected chi connectivity index (χ3v) is 4.52. The van der Waals surface area contributed by atoms with Gasteiger partial charge in [-0.2, -0.15) is 0 Å². The van der Waals surface area contributed by atoms with E-state index in [2.05, 4.69) is 0 Å². The Morgan fingerprint density at radius 1 is 1.27 bits per heavy atom. The van der Waals surface area contributed by atoms with Gasteiger partial charge in [-0.3, -0.25) is 4.79 Å². The second-order valence-corrected chi connectivity index (χ2v) is 6.53. The Bertz CT molecular complexity index is 795. The predicted octanol–water partition coefficient (Wildman–Crippen LogP) is 3.85. The maximum atomic E-state index is 13.3. The summed E-state index contributed by atoms with van der Waals surface area (Å²) in [5.41, 5.74) is 0.885. The molecule has 1 aliphatic heterocycles. The number of hydrogen-bond acceptors (Lipinski definition) is 3. The Morgan fingerprint density at radius 3 is 2.69 bits per heavy atom. The number of ether oxygens (including phenoxy) is 2.